The summed E-state index contributed by atoms with van der Waals surface area (Å²) >= 11 is 0. The lowest BCUT2D eigenvalue weighted by Crippen LogP contribution is -2.30. The second kappa shape index (κ2) is 18.1. The van der Waals surface area contributed by atoms with Crippen LogP contribution in [-0.2, 0) is 9.59 Å². The zero-order chi connectivity index (χ0) is 30.0. The Labute approximate surface area is 215 Å². The number of carbonyl (C=O) groups is 6. The molecule has 0 saturated carbocycles. The molecule has 0 radical (unpaired) electrons. The molecule has 1 aromatic rings. The van der Waals surface area contributed by atoms with E-state index in [0.29, 0.717) is 31.5 Å². The molecule has 0 aromatic heterocycles. The lowest BCUT2D eigenvalue weighted by Gasteiger charge is -2.06. The smallest absolute Gasteiger partial charge is 0.336 e. The minimum Gasteiger partial charge on any atom is -0.480 e. The molecular weight excluding hydrogens is 512 g/mol. The number of hydrogen-bond acceptors (Lipinski definition) is 8. The van der Waals surface area contributed by atoms with Gasteiger partial charge in [-0.15, -0.1) is 0 Å². The van der Waals surface area contributed by atoms with Gasteiger partial charge in [0.2, 0.25) is 0 Å². The van der Waals surface area contributed by atoms with Crippen LogP contribution in [0.15, 0.2) is 41.4 Å². The van der Waals surface area contributed by atoms with Crippen LogP contribution in [-0.4, -0.2) is 85.0 Å². The van der Waals surface area contributed by atoms with Gasteiger partial charge in [-0.2, -0.15) is 0 Å². The van der Waals surface area contributed by atoms with Crippen molar-refractivity contribution in [1.29, 1.82) is 0 Å². The average Bonchev–Trinajstić information content (AvgIpc) is 2.81. The second-order valence-corrected chi connectivity index (χ2v) is 6.78. The zero-order valence-corrected chi connectivity index (χ0v) is 20.0. The fraction of sp³-hybridized carbons (Fsp3) is 0.227. The lowest BCUT2D eigenvalue weighted by atomic mass is 9.98. The maximum absolute atomic E-state index is 10.8. The first-order valence-corrected chi connectivity index (χ1v) is 10.2. The zero-order valence-electron chi connectivity index (χ0n) is 20.0. The van der Waals surface area contributed by atoms with Crippen molar-refractivity contribution >= 4 is 41.8 Å². The third-order valence-electron chi connectivity index (χ3n) is 3.91. The quantitative estimate of drug-likeness (QED) is 0.0592. The molecular formula is C22H28N4O12. The Morgan fingerprint density at radius 2 is 1.18 bits per heavy atom. The minimum atomic E-state index is -1.66. The number of carboxylic acids is 6. The summed E-state index contributed by atoms with van der Waals surface area (Å²) in [6.45, 7) is 2.25. The van der Waals surface area contributed by atoms with E-state index in [9.17, 15) is 28.8 Å². The molecule has 1 atom stereocenters. The fourth-order valence-electron chi connectivity index (χ4n) is 2.20. The molecule has 12 N–H and O–H groups in total. The Kier molecular flexibility index (Phi) is 16.6. The van der Waals surface area contributed by atoms with Gasteiger partial charge in [0.1, 0.15) is 6.04 Å². The van der Waals surface area contributed by atoms with Gasteiger partial charge in [0, 0.05) is 12.6 Å². The summed E-state index contributed by atoms with van der Waals surface area (Å²) in [5.41, 5.74) is 12.2. The van der Waals surface area contributed by atoms with Crippen molar-refractivity contribution in [3.8, 4) is 0 Å². The predicted octanol–water partition coefficient (Wildman–Crippen LogP) is 0.135. The number of benzene rings is 1. The highest BCUT2D eigenvalue weighted by atomic mass is 16.4. The number of aliphatic carboxylic acids is 2. The number of aliphatic imine (C=N–C) groups is 1. The molecule has 0 spiro atoms. The fourth-order valence-corrected chi connectivity index (χ4v) is 2.20. The Morgan fingerprint density at radius 1 is 0.789 bits per heavy atom. The molecule has 38 heavy (non-hydrogen) atoms. The maximum atomic E-state index is 10.8. The van der Waals surface area contributed by atoms with E-state index in [2.05, 4.69) is 4.99 Å². The van der Waals surface area contributed by atoms with Gasteiger partial charge in [-0.1, -0.05) is 18.2 Å². The van der Waals surface area contributed by atoms with Crippen LogP contribution in [0.1, 0.15) is 61.2 Å². The number of nitrogens with zero attached hydrogens (tertiary/aromatic N) is 1. The maximum Gasteiger partial charge on any atom is 0.336 e. The third-order valence-corrected chi connectivity index (χ3v) is 3.91. The van der Waals surface area contributed by atoms with Crippen LogP contribution in [0, 0.1) is 0 Å². The van der Waals surface area contributed by atoms with E-state index in [-0.39, 0.29) is 5.96 Å². The van der Waals surface area contributed by atoms with Crippen molar-refractivity contribution in [2.24, 2.45) is 22.2 Å². The Hall–Kier alpha value is -5.25. The molecule has 0 saturated heterocycles. The molecule has 0 aliphatic carbocycles. The molecule has 0 aliphatic heterocycles. The SMILES string of the molecule is C/C=C/C=C/C(=O)O.NC(N)=NCCCC(N)C(=O)O.O=C(O)c1cc(C(=O)O)c(C(=O)O)cc1C(=O)O. The molecule has 1 aromatic carbocycles. The molecule has 1 rings (SSSR count). The topological polar surface area (TPSA) is 314 Å². The van der Waals surface area contributed by atoms with Crippen molar-refractivity contribution in [1.82, 2.24) is 0 Å². The average molecular weight is 540 g/mol. The van der Waals surface area contributed by atoms with E-state index < -0.39 is 64.1 Å². The van der Waals surface area contributed by atoms with Crippen LogP contribution >= 0.6 is 0 Å². The number of aromatic carboxylic acids is 4. The summed E-state index contributed by atoms with van der Waals surface area (Å²) in [4.78, 5) is 66.8. The first kappa shape index (κ1) is 34.9. The first-order chi connectivity index (χ1) is 17.6. The number of allylic oxidation sites excluding steroid dienone is 3. The van der Waals surface area contributed by atoms with E-state index >= 15 is 0 Å². The number of hydrogen-bond donors (Lipinski definition) is 9. The molecule has 0 amide bonds. The lowest BCUT2D eigenvalue weighted by molar-refractivity contribution is -0.138. The van der Waals surface area contributed by atoms with Crippen molar-refractivity contribution in [2.75, 3.05) is 6.54 Å². The number of guanidine groups is 1. The number of nitrogens with two attached hydrogens (primary N) is 3. The highest BCUT2D eigenvalue weighted by molar-refractivity contribution is 6.09. The van der Waals surface area contributed by atoms with Gasteiger partial charge >= 0.3 is 35.8 Å². The number of carboxylic acid groups (broad SMARTS) is 6. The van der Waals surface area contributed by atoms with Gasteiger partial charge < -0.3 is 47.8 Å². The van der Waals surface area contributed by atoms with Crippen LogP contribution < -0.4 is 17.2 Å². The molecule has 16 nitrogen and oxygen atoms in total. The van der Waals surface area contributed by atoms with Crippen LogP contribution in [0.3, 0.4) is 0 Å². The molecule has 0 bridgehead atoms. The Balaban J connectivity index is 0. The Morgan fingerprint density at radius 3 is 1.45 bits per heavy atom. The van der Waals surface area contributed by atoms with Gasteiger partial charge in [0.25, 0.3) is 0 Å². The highest BCUT2D eigenvalue weighted by Crippen LogP contribution is 2.18. The molecule has 208 valence electrons. The minimum absolute atomic E-state index is 0.0129. The summed E-state index contributed by atoms with van der Waals surface area (Å²) in [5, 5.41) is 51.4. The molecule has 16 heteroatoms. The van der Waals surface area contributed by atoms with E-state index in [1.54, 1.807) is 12.2 Å². The first-order valence-electron chi connectivity index (χ1n) is 10.2. The van der Waals surface area contributed by atoms with Crippen molar-refractivity contribution in [3.63, 3.8) is 0 Å². The summed E-state index contributed by atoms with van der Waals surface area (Å²) < 4.78 is 0. The van der Waals surface area contributed by atoms with E-state index in [0.717, 1.165) is 6.08 Å². The standard InChI is InChI=1S/C10H6O8.C6H14N4O2.C6H8O2/c11-7(12)3-1-4(8(13)14)6(10(17)18)2-5(3)9(15)16;7-4(5(11)12)2-1-3-10-6(8)9;1-2-3-4-5-6(7)8/h1-2H,(H,11,12)(H,13,14)(H,15,16)(H,17,18);4H,1-3,7H2,(H,11,12)(H4,8,9,10);2-5H,1H3,(H,7,8)/b;;3-2+,5-4+. The van der Waals surface area contributed by atoms with Gasteiger partial charge in [0.05, 0.1) is 22.3 Å². The molecule has 0 aliphatic rings. The van der Waals surface area contributed by atoms with Gasteiger partial charge in [0.15, 0.2) is 5.96 Å². The summed E-state index contributed by atoms with van der Waals surface area (Å²) in [7, 11) is 0. The summed E-state index contributed by atoms with van der Waals surface area (Å²) in [6.07, 6.45) is 6.94. The van der Waals surface area contributed by atoms with Crippen molar-refractivity contribution in [3.05, 3.63) is 58.7 Å². The van der Waals surface area contributed by atoms with E-state index in [1.807, 2.05) is 6.92 Å². The largest absolute Gasteiger partial charge is 0.480 e. The van der Waals surface area contributed by atoms with Gasteiger partial charge in [-0.05, 0) is 31.9 Å². The van der Waals surface area contributed by atoms with Crippen LogP contribution in [0.5, 0.6) is 0 Å². The van der Waals surface area contributed by atoms with Crippen molar-refractivity contribution in [2.45, 2.75) is 25.8 Å². The monoisotopic (exact) mass is 540 g/mol. The van der Waals surface area contributed by atoms with Crippen LogP contribution in [0.2, 0.25) is 0 Å². The second-order valence-electron chi connectivity index (χ2n) is 6.78. The van der Waals surface area contributed by atoms with Crippen molar-refractivity contribution < 1.29 is 59.4 Å². The molecule has 0 heterocycles. The van der Waals surface area contributed by atoms with Gasteiger partial charge in [-0.25, -0.2) is 24.0 Å². The predicted molar refractivity (Wildman–Crippen MR) is 131 cm³/mol. The van der Waals surface area contributed by atoms with E-state index in [1.165, 1.54) is 6.08 Å². The highest BCUT2D eigenvalue weighted by Gasteiger charge is 2.25. The molecule has 1 unspecified atom stereocenters. The van der Waals surface area contributed by atoms with Gasteiger partial charge in [-0.3, -0.25) is 9.79 Å². The normalized spacial score (nSPS) is 10.8. The van der Waals surface area contributed by atoms with E-state index in [4.69, 9.17) is 47.8 Å². The van der Waals surface area contributed by atoms with Crippen LogP contribution in [0.25, 0.3) is 0 Å². The number of rotatable bonds is 11. The van der Waals surface area contributed by atoms with Crippen LogP contribution in [0.4, 0.5) is 0 Å². The summed E-state index contributed by atoms with van der Waals surface area (Å²) in [5.74, 6) is -8.54. The molecule has 0 fully saturated rings. The summed E-state index contributed by atoms with van der Waals surface area (Å²) in [6, 6.07) is 0.203. The Bertz CT molecular complexity index is 1020. The third kappa shape index (κ3) is 14.9.